The molecule has 0 aromatic carbocycles. The highest BCUT2D eigenvalue weighted by Crippen LogP contribution is 2.34. The van der Waals surface area contributed by atoms with Crippen molar-refractivity contribution < 1.29 is 4.74 Å². The van der Waals surface area contributed by atoms with Crippen molar-refractivity contribution >= 4 is 0 Å². The van der Waals surface area contributed by atoms with Gasteiger partial charge in [-0.25, -0.2) is 9.97 Å². The number of hydrogen-bond acceptors (Lipinski definition) is 5. The van der Waals surface area contributed by atoms with E-state index in [0.29, 0.717) is 11.7 Å². The highest BCUT2D eigenvalue weighted by atomic mass is 16.5. The lowest BCUT2D eigenvalue weighted by atomic mass is 9.88. The summed E-state index contributed by atoms with van der Waals surface area (Å²) in [5.74, 6) is 3.14. The summed E-state index contributed by atoms with van der Waals surface area (Å²) in [6.07, 6.45) is 10.3. The Labute approximate surface area is 152 Å². The number of aromatic amines is 1. The van der Waals surface area contributed by atoms with E-state index in [1.54, 1.807) is 12.4 Å². The molecule has 0 amide bonds. The zero-order valence-corrected chi connectivity index (χ0v) is 15.2. The van der Waals surface area contributed by atoms with Crippen LogP contribution in [0.1, 0.15) is 44.3 Å². The van der Waals surface area contributed by atoms with Crippen LogP contribution in [0.3, 0.4) is 0 Å². The molecule has 1 aliphatic rings. The van der Waals surface area contributed by atoms with E-state index in [2.05, 4.69) is 49.8 Å². The van der Waals surface area contributed by atoms with Crippen molar-refractivity contribution in [2.75, 3.05) is 6.61 Å². The maximum absolute atomic E-state index is 5.84. The van der Waals surface area contributed by atoms with Gasteiger partial charge in [-0.05, 0) is 38.8 Å². The second-order valence-electron chi connectivity index (χ2n) is 7.37. The monoisotopic (exact) mass is 352 g/mol. The molecule has 1 unspecified atom stereocenters. The summed E-state index contributed by atoms with van der Waals surface area (Å²) in [6, 6.07) is 3.85. The second kappa shape index (κ2) is 6.99. The van der Waals surface area contributed by atoms with Crippen LogP contribution in [0, 0.1) is 0 Å². The first kappa shape index (κ1) is 16.9. The molecular formula is C19H24N6O. The summed E-state index contributed by atoms with van der Waals surface area (Å²) in [5, 5.41) is 7.34. The minimum atomic E-state index is -0.0801. The van der Waals surface area contributed by atoms with Crippen LogP contribution in [0.4, 0.5) is 0 Å². The summed E-state index contributed by atoms with van der Waals surface area (Å²) < 4.78 is 8.08. The van der Waals surface area contributed by atoms with Gasteiger partial charge in [0.15, 0.2) is 5.82 Å². The normalized spacial score (nSPS) is 19.5. The average molecular weight is 352 g/mol. The van der Waals surface area contributed by atoms with Gasteiger partial charge >= 0.3 is 0 Å². The molecule has 1 fully saturated rings. The number of nitrogens with one attached hydrogen (secondary N) is 1. The number of nitrogens with zero attached hydrogens (tertiary/aromatic N) is 5. The third kappa shape index (κ3) is 3.67. The summed E-state index contributed by atoms with van der Waals surface area (Å²) in [5.41, 5.74) is 0.839. The van der Waals surface area contributed by atoms with E-state index in [1.807, 2.05) is 18.3 Å². The SMILES string of the molecule is CC1(C)CC(c2nccn2CCc2nc(-c3cccnc3)n[nH]2)CCO1. The van der Waals surface area contributed by atoms with Gasteiger partial charge in [0.05, 0.1) is 5.60 Å². The molecule has 0 aliphatic carbocycles. The van der Waals surface area contributed by atoms with E-state index in [1.165, 1.54) is 0 Å². The predicted octanol–water partition coefficient (Wildman–Crippen LogP) is 2.98. The van der Waals surface area contributed by atoms with Crippen molar-refractivity contribution in [3.8, 4) is 11.4 Å². The summed E-state index contributed by atoms with van der Waals surface area (Å²) in [4.78, 5) is 13.3. The molecule has 1 N–H and O–H groups in total. The predicted molar refractivity (Wildman–Crippen MR) is 97.6 cm³/mol. The van der Waals surface area contributed by atoms with Crippen LogP contribution in [0.5, 0.6) is 0 Å². The fraction of sp³-hybridized carbons (Fsp3) is 0.474. The molecule has 0 radical (unpaired) electrons. The van der Waals surface area contributed by atoms with E-state index in [0.717, 1.165) is 49.6 Å². The van der Waals surface area contributed by atoms with Crippen molar-refractivity contribution in [1.82, 2.24) is 29.7 Å². The van der Waals surface area contributed by atoms with Crippen LogP contribution in [-0.2, 0) is 17.7 Å². The number of pyridine rings is 1. The quantitative estimate of drug-likeness (QED) is 0.763. The van der Waals surface area contributed by atoms with Crippen molar-refractivity contribution in [3.63, 3.8) is 0 Å². The largest absolute Gasteiger partial charge is 0.376 e. The van der Waals surface area contributed by atoms with Gasteiger partial charge in [0.1, 0.15) is 11.6 Å². The first-order valence-corrected chi connectivity index (χ1v) is 9.07. The van der Waals surface area contributed by atoms with E-state index < -0.39 is 0 Å². The Balaban J connectivity index is 1.43. The molecule has 4 heterocycles. The van der Waals surface area contributed by atoms with Gasteiger partial charge in [0.2, 0.25) is 0 Å². The number of hydrogen-bond donors (Lipinski definition) is 1. The standard InChI is InChI=1S/C19H24N6O/c1-19(2)12-14(6-11-26-19)18-21-8-10-25(18)9-5-16-22-17(24-23-16)15-4-3-7-20-13-15/h3-4,7-8,10,13-14H,5-6,9,11-12H2,1-2H3,(H,22,23,24). The third-order valence-electron chi connectivity index (χ3n) is 4.85. The maximum Gasteiger partial charge on any atom is 0.182 e. The Kier molecular flexibility index (Phi) is 4.55. The van der Waals surface area contributed by atoms with Crippen molar-refractivity contribution in [1.29, 1.82) is 0 Å². The molecule has 3 aromatic heterocycles. The summed E-state index contributed by atoms with van der Waals surface area (Å²) in [7, 11) is 0. The van der Waals surface area contributed by atoms with Crippen molar-refractivity contribution in [2.45, 2.75) is 51.2 Å². The molecule has 7 nitrogen and oxygen atoms in total. The van der Waals surface area contributed by atoms with E-state index in [9.17, 15) is 0 Å². The van der Waals surface area contributed by atoms with Crippen LogP contribution in [-0.4, -0.2) is 41.9 Å². The lowest BCUT2D eigenvalue weighted by molar-refractivity contribution is -0.0606. The summed E-state index contributed by atoms with van der Waals surface area (Å²) in [6.45, 7) is 5.93. The Morgan fingerprint density at radius 3 is 3.08 bits per heavy atom. The molecule has 7 heteroatoms. The van der Waals surface area contributed by atoms with Crippen LogP contribution in [0.15, 0.2) is 36.9 Å². The number of imidazole rings is 1. The molecule has 3 aromatic rings. The van der Waals surface area contributed by atoms with Crippen LogP contribution in [0.25, 0.3) is 11.4 Å². The Bertz CT molecular complexity index is 854. The minimum absolute atomic E-state index is 0.0801. The molecule has 136 valence electrons. The van der Waals surface area contributed by atoms with Gasteiger partial charge < -0.3 is 9.30 Å². The van der Waals surface area contributed by atoms with Gasteiger partial charge in [-0.15, -0.1) is 0 Å². The fourth-order valence-electron chi connectivity index (χ4n) is 3.58. The molecule has 0 bridgehead atoms. The number of aromatic nitrogens is 6. The molecule has 1 atom stereocenters. The smallest absolute Gasteiger partial charge is 0.182 e. The Hall–Kier alpha value is -2.54. The van der Waals surface area contributed by atoms with Crippen LogP contribution < -0.4 is 0 Å². The van der Waals surface area contributed by atoms with E-state index >= 15 is 0 Å². The molecule has 26 heavy (non-hydrogen) atoms. The Morgan fingerprint density at radius 1 is 1.35 bits per heavy atom. The highest BCUT2D eigenvalue weighted by molar-refractivity contribution is 5.52. The molecule has 1 saturated heterocycles. The van der Waals surface area contributed by atoms with Crippen molar-refractivity contribution in [3.05, 3.63) is 48.6 Å². The molecular weight excluding hydrogens is 328 g/mol. The van der Waals surface area contributed by atoms with Gasteiger partial charge in [-0.1, -0.05) is 0 Å². The lowest BCUT2D eigenvalue weighted by Crippen LogP contribution is -2.34. The van der Waals surface area contributed by atoms with Gasteiger partial charge in [-0.3, -0.25) is 10.1 Å². The third-order valence-corrected chi connectivity index (χ3v) is 4.85. The molecule has 0 saturated carbocycles. The number of H-pyrrole nitrogens is 1. The highest BCUT2D eigenvalue weighted by Gasteiger charge is 2.31. The lowest BCUT2D eigenvalue weighted by Gasteiger charge is -2.35. The number of aryl methyl sites for hydroxylation is 2. The molecule has 0 spiro atoms. The number of ether oxygens (including phenoxy) is 1. The first-order valence-electron chi connectivity index (χ1n) is 9.07. The Morgan fingerprint density at radius 2 is 2.27 bits per heavy atom. The topological polar surface area (TPSA) is 81.5 Å². The van der Waals surface area contributed by atoms with Gasteiger partial charge in [0.25, 0.3) is 0 Å². The minimum Gasteiger partial charge on any atom is -0.376 e. The summed E-state index contributed by atoms with van der Waals surface area (Å²) >= 11 is 0. The van der Waals surface area contributed by atoms with E-state index in [-0.39, 0.29) is 5.60 Å². The van der Waals surface area contributed by atoms with Gasteiger partial charge in [-0.2, -0.15) is 5.10 Å². The second-order valence-corrected chi connectivity index (χ2v) is 7.37. The first-order chi connectivity index (χ1) is 12.6. The van der Waals surface area contributed by atoms with Crippen LogP contribution in [0.2, 0.25) is 0 Å². The average Bonchev–Trinajstić information content (AvgIpc) is 3.29. The molecule has 4 rings (SSSR count). The van der Waals surface area contributed by atoms with Gasteiger partial charge in [0, 0.05) is 55.8 Å². The zero-order chi connectivity index (χ0) is 18.0. The molecule has 1 aliphatic heterocycles. The van der Waals surface area contributed by atoms with Crippen LogP contribution >= 0.6 is 0 Å². The van der Waals surface area contributed by atoms with E-state index in [4.69, 9.17) is 4.74 Å². The number of rotatable bonds is 5. The fourth-order valence-corrected chi connectivity index (χ4v) is 3.58. The zero-order valence-electron chi connectivity index (χ0n) is 15.2. The van der Waals surface area contributed by atoms with Crippen molar-refractivity contribution in [2.24, 2.45) is 0 Å². The maximum atomic E-state index is 5.84.